The first-order valence-electron chi connectivity index (χ1n) is 9.62. The second-order valence-electron chi connectivity index (χ2n) is 7.42. The van der Waals surface area contributed by atoms with E-state index in [-0.39, 0.29) is 16.1 Å². The molecule has 190 valence electrons. The fourth-order valence-corrected chi connectivity index (χ4v) is 3.26. The lowest BCUT2D eigenvalue weighted by Crippen LogP contribution is -2.40. The summed E-state index contributed by atoms with van der Waals surface area (Å²) >= 11 is 0. The molecule has 2 aromatic heterocycles. The summed E-state index contributed by atoms with van der Waals surface area (Å²) < 4.78 is 120. The Labute approximate surface area is 191 Å². The Kier molecular flexibility index (Phi) is 6.81. The van der Waals surface area contributed by atoms with Gasteiger partial charge in [0, 0.05) is 24.3 Å². The Balaban J connectivity index is 2.00. The Hall–Kier alpha value is -3.65. The summed E-state index contributed by atoms with van der Waals surface area (Å²) in [7, 11) is 1.56. The molecule has 0 fully saturated rings. The molecule has 1 aromatic carbocycles. The molecule has 0 atom stereocenters. The maximum atomic E-state index is 13.7. The molecule has 0 aliphatic carbocycles. The van der Waals surface area contributed by atoms with Gasteiger partial charge in [-0.1, -0.05) is 0 Å². The Morgan fingerprint density at radius 3 is 2.11 bits per heavy atom. The second kappa shape index (κ2) is 9.19. The number of pyridine rings is 1. The van der Waals surface area contributed by atoms with Gasteiger partial charge < -0.3 is 9.47 Å². The van der Waals surface area contributed by atoms with E-state index in [2.05, 4.69) is 15.8 Å². The Bertz CT molecular complexity index is 1200. The van der Waals surface area contributed by atoms with Crippen molar-refractivity contribution in [3.05, 3.63) is 53.9 Å². The van der Waals surface area contributed by atoms with Crippen molar-refractivity contribution in [1.82, 2.24) is 15.0 Å². The molecule has 0 radical (unpaired) electrons. The smallest absolute Gasteiger partial charge is 0.353 e. The van der Waals surface area contributed by atoms with E-state index in [1.54, 1.807) is 19.3 Å². The minimum atomic E-state index is -5.05. The van der Waals surface area contributed by atoms with Crippen LogP contribution in [-0.4, -0.2) is 40.9 Å². The molecule has 15 heteroatoms. The number of aryl methyl sites for hydroxylation is 1. The highest BCUT2D eigenvalue weighted by Crippen LogP contribution is 2.38. The van der Waals surface area contributed by atoms with Crippen LogP contribution in [0.4, 0.5) is 51.0 Å². The highest BCUT2D eigenvalue weighted by atomic mass is 19.4. The average Bonchev–Trinajstić information content (AvgIpc) is 3.13. The average molecular weight is 513 g/mol. The van der Waals surface area contributed by atoms with E-state index in [0.717, 1.165) is 12.1 Å². The molecule has 3 aromatic rings. The molecular weight excluding hydrogens is 497 g/mol. The van der Waals surface area contributed by atoms with Gasteiger partial charge in [-0.3, -0.25) is 15.6 Å². The minimum Gasteiger partial charge on any atom is -0.353 e. The van der Waals surface area contributed by atoms with Gasteiger partial charge in [0.05, 0.1) is 11.1 Å². The molecule has 0 aliphatic heterocycles. The molecular formula is C20H16F9N5O. The summed E-state index contributed by atoms with van der Waals surface area (Å²) in [5.41, 5.74) is 2.10. The van der Waals surface area contributed by atoms with Crippen LogP contribution in [0.2, 0.25) is 0 Å². The number of carbonyl (C=O) groups excluding carboxylic acids is 1. The number of benzene rings is 1. The van der Waals surface area contributed by atoms with Crippen LogP contribution in [0.25, 0.3) is 10.9 Å². The number of alkyl halides is 9. The van der Waals surface area contributed by atoms with E-state index in [1.165, 1.54) is 10.6 Å². The summed E-state index contributed by atoms with van der Waals surface area (Å²) in [6.07, 6.45) is -13.6. The predicted molar refractivity (Wildman–Crippen MR) is 108 cm³/mol. The van der Waals surface area contributed by atoms with Gasteiger partial charge in [0.15, 0.2) is 0 Å². The molecule has 3 rings (SSSR count). The quantitative estimate of drug-likeness (QED) is 0.348. The Morgan fingerprint density at radius 2 is 1.60 bits per heavy atom. The summed E-state index contributed by atoms with van der Waals surface area (Å²) in [6, 6.07) is 5.72. The van der Waals surface area contributed by atoms with Gasteiger partial charge >= 0.3 is 18.5 Å². The third-order valence-corrected chi connectivity index (χ3v) is 4.68. The van der Waals surface area contributed by atoms with Gasteiger partial charge in [0.2, 0.25) is 0 Å². The van der Waals surface area contributed by atoms with Crippen LogP contribution in [0, 0.1) is 0 Å². The number of nitrogens with one attached hydrogen (secondary N) is 2. The third-order valence-electron chi connectivity index (χ3n) is 4.68. The van der Waals surface area contributed by atoms with E-state index in [1.807, 2.05) is 0 Å². The summed E-state index contributed by atoms with van der Waals surface area (Å²) in [5.74, 6) is -1.15. The van der Waals surface area contributed by atoms with Crippen molar-refractivity contribution in [3.8, 4) is 0 Å². The number of fused-ring (bicyclic) bond motifs is 1. The third kappa shape index (κ3) is 6.70. The number of carbonyl (C=O) groups is 1. The van der Waals surface area contributed by atoms with E-state index in [4.69, 9.17) is 0 Å². The van der Waals surface area contributed by atoms with Gasteiger partial charge in [-0.25, -0.2) is 4.98 Å². The number of hydrogen-bond acceptors (Lipinski definition) is 4. The molecule has 0 saturated heterocycles. The lowest BCUT2D eigenvalue weighted by molar-refractivity contribution is -0.138. The molecule has 2 N–H and O–H groups in total. The van der Waals surface area contributed by atoms with E-state index in [0.29, 0.717) is 12.1 Å². The van der Waals surface area contributed by atoms with Crippen molar-refractivity contribution in [2.75, 3.05) is 23.4 Å². The van der Waals surface area contributed by atoms with Gasteiger partial charge in [0.1, 0.15) is 24.6 Å². The van der Waals surface area contributed by atoms with Gasteiger partial charge in [0.25, 0.3) is 5.91 Å². The molecule has 0 aliphatic rings. The van der Waals surface area contributed by atoms with Crippen molar-refractivity contribution < 1.29 is 44.3 Å². The van der Waals surface area contributed by atoms with Crippen LogP contribution >= 0.6 is 0 Å². The summed E-state index contributed by atoms with van der Waals surface area (Å²) in [5, 5.41) is -0.719. The summed E-state index contributed by atoms with van der Waals surface area (Å²) in [6.45, 7) is -4.06. The molecule has 1 amide bonds. The molecule has 2 heterocycles. The molecule has 35 heavy (non-hydrogen) atoms. The standard InChI is InChI=1S/C20H16F9N5O/c1-33-6-2-3-15(33)17(35)32-31-16-8-13(20(27,28)29)12-7-11(4-5-14(12)30-16)34(9-18(21,22)23)10-19(24,25)26/h2-8H,9-10H2,1H3,(H,30,31)(H,32,35). The van der Waals surface area contributed by atoms with Crippen LogP contribution in [0.5, 0.6) is 0 Å². The lowest BCUT2D eigenvalue weighted by atomic mass is 10.1. The van der Waals surface area contributed by atoms with Crippen molar-refractivity contribution >= 4 is 28.3 Å². The van der Waals surface area contributed by atoms with E-state index < -0.39 is 60.0 Å². The number of hydrazine groups is 1. The molecule has 6 nitrogen and oxygen atoms in total. The zero-order valence-corrected chi connectivity index (χ0v) is 17.6. The number of hydrogen-bond donors (Lipinski definition) is 2. The fraction of sp³-hybridized carbons (Fsp3) is 0.300. The normalized spacial score (nSPS) is 12.6. The first-order chi connectivity index (χ1) is 16.0. The number of amides is 1. The van der Waals surface area contributed by atoms with Crippen molar-refractivity contribution in [2.45, 2.75) is 18.5 Å². The van der Waals surface area contributed by atoms with Crippen LogP contribution in [0.3, 0.4) is 0 Å². The van der Waals surface area contributed by atoms with Crippen LogP contribution in [-0.2, 0) is 13.2 Å². The molecule has 0 spiro atoms. The van der Waals surface area contributed by atoms with Gasteiger partial charge in [-0.2, -0.15) is 39.5 Å². The molecule has 0 saturated carbocycles. The zero-order valence-electron chi connectivity index (χ0n) is 17.6. The van der Waals surface area contributed by atoms with Crippen LogP contribution < -0.4 is 15.8 Å². The van der Waals surface area contributed by atoms with Crippen molar-refractivity contribution in [1.29, 1.82) is 0 Å². The minimum absolute atomic E-state index is 0.119. The SMILES string of the molecule is Cn1cccc1C(=O)NNc1cc(C(F)(F)F)c2cc(N(CC(F)(F)F)CC(F)(F)F)ccc2n1. The highest BCUT2D eigenvalue weighted by Gasteiger charge is 2.38. The molecule has 0 bridgehead atoms. The number of aromatic nitrogens is 2. The largest absolute Gasteiger partial charge is 0.417 e. The number of nitrogens with zero attached hydrogens (tertiary/aromatic N) is 3. The highest BCUT2D eigenvalue weighted by molar-refractivity contribution is 5.93. The first kappa shape index (κ1) is 26.0. The van der Waals surface area contributed by atoms with Crippen molar-refractivity contribution in [2.24, 2.45) is 7.05 Å². The Morgan fingerprint density at radius 1 is 0.971 bits per heavy atom. The topological polar surface area (TPSA) is 62.2 Å². The number of rotatable bonds is 6. The number of halogens is 9. The molecule has 0 unspecified atom stereocenters. The first-order valence-corrected chi connectivity index (χ1v) is 9.62. The van der Waals surface area contributed by atoms with Crippen LogP contribution in [0.1, 0.15) is 16.1 Å². The second-order valence-corrected chi connectivity index (χ2v) is 7.42. The zero-order chi connectivity index (χ0) is 26.2. The summed E-state index contributed by atoms with van der Waals surface area (Å²) in [4.78, 5) is 15.9. The van der Waals surface area contributed by atoms with Gasteiger partial charge in [-0.05, 0) is 36.4 Å². The predicted octanol–water partition coefficient (Wildman–Crippen LogP) is 5.28. The lowest BCUT2D eigenvalue weighted by Gasteiger charge is -2.27. The number of anilines is 2. The van der Waals surface area contributed by atoms with Crippen LogP contribution in [0.15, 0.2) is 42.6 Å². The van der Waals surface area contributed by atoms with E-state index >= 15 is 0 Å². The maximum absolute atomic E-state index is 13.7. The van der Waals surface area contributed by atoms with E-state index in [9.17, 15) is 44.3 Å². The monoisotopic (exact) mass is 513 g/mol. The maximum Gasteiger partial charge on any atom is 0.417 e. The van der Waals surface area contributed by atoms with Crippen molar-refractivity contribution in [3.63, 3.8) is 0 Å². The fourth-order valence-electron chi connectivity index (χ4n) is 3.26. The van der Waals surface area contributed by atoms with Gasteiger partial charge in [-0.15, -0.1) is 0 Å².